The smallest absolute Gasteiger partial charge is 0.416 e. The van der Waals surface area contributed by atoms with Gasteiger partial charge in [0.1, 0.15) is 10.1 Å². The summed E-state index contributed by atoms with van der Waals surface area (Å²) in [6.07, 6.45) is -14.9. The molecule has 21 heavy (non-hydrogen) atoms. The Kier molecular flexibility index (Phi) is 3.59. The van der Waals surface area contributed by atoms with Gasteiger partial charge in [-0.3, -0.25) is 0 Å². The third kappa shape index (κ3) is 2.15. The highest BCUT2D eigenvalue weighted by molar-refractivity contribution is 7.87. The number of aliphatic hydroxyl groups is 1. The fourth-order valence-corrected chi connectivity index (χ4v) is 5.04. The minimum atomic E-state index is -6.78. The van der Waals surface area contributed by atoms with E-state index in [-0.39, 0.29) is 12.8 Å². The van der Waals surface area contributed by atoms with E-state index in [2.05, 4.69) is 0 Å². The lowest BCUT2D eigenvalue weighted by Crippen LogP contribution is -2.67. The molecule has 0 saturated heterocycles. The van der Waals surface area contributed by atoms with Crippen LogP contribution < -0.4 is 0 Å². The van der Waals surface area contributed by atoms with E-state index in [1.165, 1.54) is 0 Å². The standard InChI is InChI=1S/C10H12F6O4S/c11-9(12,13)8(10(14,15)16,21(18,19)20)6-2-4-1-5(6)7(17)3-4/h4-7,17H,1-3H2,(H,18,19,20)/p-1. The third-order valence-electron chi connectivity index (χ3n) is 4.54. The van der Waals surface area contributed by atoms with E-state index in [4.69, 9.17) is 0 Å². The molecule has 2 rings (SSSR count). The van der Waals surface area contributed by atoms with Crippen molar-refractivity contribution in [2.75, 3.05) is 0 Å². The summed E-state index contributed by atoms with van der Waals surface area (Å²) in [4.78, 5) is 0. The van der Waals surface area contributed by atoms with Crippen LogP contribution in [0.25, 0.3) is 0 Å². The quantitative estimate of drug-likeness (QED) is 0.614. The van der Waals surface area contributed by atoms with Gasteiger partial charge in [-0.2, -0.15) is 26.3 Å². The highest BCUT2D eigenvalue weighted by atomic mass is 32.2. The van der Waals surface area contributed by atoms with Crippen LogP contribution in [0.5, 0.6) is 0 Å². The van der Waals surface area contributed by atoms with Gasteiger partial charge in [0.2, 0.25) is 0 Å². The first-order valence-electron chi connectivity index (χ1n) is 6.00. The van der Waals surface area contributed by atoms with Crippen molar-refractivity contribution in [3.63, 3.8) is 0 Å². The lowest BCUT2D eigenvalue weighted by molar-refractivity contribution is -0.288. The van der Waals surface area contributed by atoms with Gasteiger partial charge in [0.25, 0.3) is 4.75 Å². The SMILES string of the molecule is O=S(=O)([O-])C(C1CC2CC(O)C1C2)(C(F)(F)F)C(F)(F)F. The summed E-state index contributed by atoms with van der Waals surface area (Å²) in [5.74, 6) is -4.64. The van der Waals surface area contributed by atoms with Gasteiger partial charge < -0.3 is 9.66 Å². The second-order valence-electron chi connectivity index (χ2n) is 5.60. The Morgan fingerprint density at radius 2 is 1.43 bits per heavy atom. The Hall–Kier alpha value is -0.550. The van der Waals surface area contributed by atoms with Crippen LogP contribution in [-0.4, -0.2) is 41.3 Å². The predicted molar refractivity (Wildman–Crippen MR) is 54.9 cm³/mol. The number of halogens is 6. The van der Waals surface area contributed by atoms with Crippen molar-refractivity contribution >= 4 is 10.1 Å². The highest BCUT2D eigenvalue weighted by Gasteiger charge is 2.80. The fraction of sp³-hybridized carbons (Fsp3) is 1.00. The molecule has 0 heterocycles. The topological polar surface area (TPSA) is 77.4 Å². The molecule has 2 fully saturated rings. The van der Waals surface area contributed by atoms with Gasteiger partial charge in [-0.25, -0.2) is 8.42 Å². The highest BCUT2D eigenvalue weighted by Crippen LogP contribution is 2.62. The van der Waals surface area contributed by atoms with Crippen LogP contribution in [0.3, 0.4) is 0 Å². The predicted octanol–water partition coefficient (Wildman–Crippen LogP) is 1.80. The van der Waals surface area contributed by atoms with E-state index in [0.29, 0.717) is 0 Å². The molecule has 0 aliphatic heterocycles. The molecule has 4 nitrogen and oxygen atoms in total. The zero-order valence-corrected chi connectivity index (χ0v) is 11.1. The van der Waals surface area contributed by atoms with Crippen LogP contribution in [0.4, 0.5) is 26.3 Å². The largest absolute Gasteiger partial charge is 0.747 e. The molecule has 2 bridgehead atoms. The molecular weight excluding hydrogens is 330 g/mol. The molecule has 1 N–H and O–H groups in total. The lowest BCUT2D eigenvalue weighted by atomic mass is 9.76. The third-order valence-corrected chi connectivity index (χ3v) is 6.09. The van der Waals surface area contributed by atoms with Gasteiger partial charge in [-0.15, -0.1) is 0 Å². The summed E-state index contributed by atoms with van der Waals surface area (Å²) in [6, 6.07) is 0. The first-order valence-corrected chi connectivity index (χ1v) is 7.41. The molecule has 124 valence electrons. The molecule has 0 aromatic rings. The number of aliphatic hydroxyl groups excluding tert-OH is 1. The van der Waals surface area contributed by atoms with Gasteiger partial charge in [0.05, 0.1) is 6.10 Å². The van der Waals surface area contributed by atoms with Gasteiger partial charge in [0.15, 0.2) is 0 Å². The van der Waals surface area contributed by atoms with E-state index < -0.39 is 57.5 Å². The zero-order chi connectivity index (χ0) is 16.4. The van der Waals surface area contributed by atoms with Crippen LogP contribution in [0.15, 0.2) is 0 Å². The second-order valence-corrected chi connectivity index (χ2v) is 7.15. The summed E-state index contributed by atoms with van der Waals surface area (Å²) >= 11 is 0. The van der Waals surface area contributed by atoms with Gasteiger partial charge in [-0.05, 0) is 31.1 Å². The maximum Gasteiger partial charge on any atom is 0.416 e. The maximum absolute atomic E-state index is 13.1. The number of alkyl halides is 6. The van der Waals surface area contributed by atoms with Crippen LogP contribution in [0.1, 0.15) is 19.3 Å². The van der Waals surface area contributed by atoms with E-state index in [1.54, 1.807) is 0 Å². The first kappa shape index (κ1) is 16.8. The van der Waals surface area contributed by atoms with E-state index in [1.807, 2.05) is 0 Å². The lowest BCUT2D eigenvalue weighted by Gasteiger charge is -2.46. The van der Waals surface area contributed by atoms with Crippen molar-refractivity contribution in [2.24, 2.45) is 17.8 Å². The molecule has 4 unspecified atom stereocenters. The molecule has 0 spiro atoms. The Balaban J connectivity index is 2.68. The van der Waals surface area contributed by atoms with E-state index in [9.17, 15) is 44.4 Å². The Morgan fingerprint density at radius 3 is 1.71 bits per heavy atom. The number of fused-ring (bicyclic) bond motifs is 2. The van der Waals surface area contributed by atoms with Crippen LogP contribution in [0.2, 0.25) is 0 Å². The van der Waals surface area contributed by atoms with Crippen LogP contribution in [-0.2, 0) is 10.1 Å². The molecule has 2 aliphatic carbocycles. The second kappa shape index (κ2) is 4.48. The number of hydrogen-bond donors (Lipinski definition) is 1. The fourth-order valence-electron chi connectivity index (χ4n) is 3.83. The molecule has 4 atom stereocenters. The molecule has 2 aliphatic rings. The normalized spacial score (nSPS) is 34.5. The average molecular weight is 341 g/mol. The van der Waals surface area contributed by atoms with Crippen LogP contribution >= 0.6 is 0 Å². The van der Waals surface area contributed by atoms with Crippen molar-refractivity contribution in [1.82, 2.24) is 0 Å². The van der Waals surface area contributed by atoms with Crippen molar-refractivity contribution < 1.29 is 44.4 Å². The zero-order valence-electron chi connectivity index (χ0n) is 10.3. The molecule has 0 aromatic heterocycles. The average Bonchev–Trinajstić information content (AvgIpc) is 2.68. The summed E-state index contributed by atoms with van der Waals surface area (Å²) in [7, 11) is -6.78. The molecule has 0 amide bonds. The molecule has 2 saturated carbocycles. The monoisotopic (exact) mass is 341 g/mol. The Bertz CT molecular complexity index is 511. The molecule has 0 radical (unpaired) electrons. The molecular formula is C10H11F6O4S-. The summed E-state index contributed by atoms with van der Waals surface area (Å²) in [5, 5.41) is 9.52. The van der Waals surface area contributed by atoms with Crippen molar-refractivity contribution in [2.45, 2.75) is 42.5 Å². The van der Waals surface area contributed by atoms with E-state index in [0.717, 1.165) is 0 Å². The van der Waals surface area contributed by atoms with Crippen molar-refractivity contribution in [1.29, 1.82) is 0 Å². The minimum absolute atomic E-state index is 0.0197. The summed E-state index contributed by atoms with van der Waals surface area (Å²) in [5.41, 5.74) is 0. The summed E-state index contributed by atoms with van der Waals surface area (Å²) in [6.45, 7) is 0. The van der Waals surface area contributed by atoms with E-state index >= 15 is 0 Å². The Morgan fingerprint density at radius 1 is 0.952 bits per heavy atom. The number of hydrogen-bond acceptors (Lipinski definition) is 4. The Labute approximate surface area is 115 Å². The number of rotatable bonds is 2. The molecule has 0 aromatic carbocycles. The first-order chi connectivity index (χ1) is 9.23. The van der Waals surface area contributed by atoms with Gasteiger partial charge >= 0.3 is 12.4 Å². The van der Waals surface area contributed by atoms with Gasteiger partial charge in [0, 0.05) is 5.92 Å². The van der Waals surface area contributed by atoms with Gasteiger partial charge in [-0.1, -0.05) is 0 Å². The maximum atomic E-state index is 13.1. The minimum Gasteiger partial charge on any atom is -0.747 e. The van der Waals surface area contributed by atoms with Crippen molar-refractivity contribution in [3.8, 4) is 0 Å². The van der Waals surface area contributed by atoms with Crippen molar-refractivity contribution in [3.05, 3.63) is 0 Å². The molecule has 11 heteroatoms. The van der Waals surface area contributed by atoms with Crippen LogP contribution in [0, 0.1) is 17.8 Å². The summed E-state index contributed by atoms with van der Waals surface area (Å²) < 4.78 is 106.